The predicted molar refractivity (Wildman–Crippen MR) is 131 cm³/mol. The fraction of sp³-hybridized carbons (Fsp3) is 0.346. The van der Waals surface area contributed by atoms with Crippen molar-refractivity contribution in [2.75, 3.05) is 29.7 Å². The van der Waals surface area contributed by atoms with Crippen molar-refractivity contribution in [2.45, 2.75) is 38.3 Å². The summed E-state index contributed by atoms with van der Waals surface area (Å²) in [5.41, 5.74) is 4.86. The minimum atomic E-state index is 0.00273. The van der Waals surface area contributed by atoms with E-state index in [-0.39, 0.29) is 17.9 Å². The number of aromatic nitrogens is 2. The SMILES string of the molecule is CNc1cc(-c2ccc3c(c2)N(C(=O)[C@H]2CC[C@H](OC)CC2)Cc2cccnc2N3)ccn1. The second-order valence-electron chi connectivity index (χ2n) is 8.68. The number of anilines is 4. The normalized spacial score (nSPS) is 19.6. The lowest BCUT2D eigenvalue weighted by atomic mass is 9.86. The third-order valence-electron chi connectivity index (χ3n) is 6.73. The van der Waals surface area contributed by atoms with Gasteiger partial charge < -0.3 is 20.3 Å². The molecule has 0 atom stereocenters. The smallest absolute Gasteiger partial charge is 0.230 e. The van der Waals surface area contributed by atoms with Gasteiger partial charge in [0.2, 0.25) is 5.91 Å². The van der Waals surface area contributed by atoms with Crippen LogP contribution in [0.25, 0.3) is 11.1 Å². The summed E-state index contributed by atoms with van der Waals surface area (Å²) in [6, 6.07) is 14.2. The van der Waals surface area contributed by atoms with Gasteiger partial charge in [0, 0.05) is 38.0 Å². The Bertz CT molecular complexity index is 1160. The summed E-state index contributed by atoms with van der Waals surface area (Å²) in [7, 11) is 3.61. The van der Waals surface area contributed by atoms with Gasteiger partial charge in [0.05, 0.1) is 24.0 Å². The Labute approximate surface area is 194 Å². The number of pyridine rings is 2. The highest BCUT2D eigenvalue weighted by Crippen LogP contribution is 2.40. The van der Waals surface area contributed by atoms with Gasteiger partial charge in [-0.1, -0.05) is 12.1 Å². The van der Waals surface area contributed by atoms with Gasteiger partial charge in [0.15, 0.2) is 0 Å². The molecule has 1 aliphatic heterocycles. The highest BCUT2D eigenvalue weighted by molar-refractivity contribution is 6.00. The maximum Gasteiger partial charge on any atom is 0.230 e. The molecule has 0 spiro atoms. The van der Waals surface area contributed by atoms with Gasteiger partial charge in [0.25, 0.3) is 0 Å². The maximum atomic E-state index is 13.8. The Morgan fingerprint density at radius 3 is 2.67 bits per heavy atom. The quantitative estimate of drug-likeness (QED) is 0.592. The highest BCUT2D eigenvalue weighted by Gasteiger charge is 2.33. The number of carbonyl (C=O) groups excluding carboxylic acids is 1. The van der Waals surface area contributed by atoms with Crippen molar-refractivity contribution in [2.24, 2.45) is 5.92 Å². The Hall–Kier alpha value is -3.45. The Morgan fingerprint density at radius 2 is 1.88 bits per heavy atom. The van der Waals surface area contributed by atoms with Crippen LogP contribution >= 0.6 is 0 Å². The molecule has 1 amide bonds. The number of amides is 1. The van der Waals surface area contributed by atoms with Crippen LogP contribution in [0.15, 0.2) is 54.9 Å². The molecule has 2 N–H and O–H groups in total. The van der Waals surface area contributed by atoms with Crippen LogP contribution in [0, 0.1) is 5.92 Å². The van der Waals surface area contributed by atoms with Crippen LogP contribution in [-0.4, -0.2) is 36.1 Å². The summed E-state index contributed by atoms with van der Waals surface area (Å²) in [6.45, 7) is 0.494. The highest BCUT2D eigenvalue weighted by atomic mass is 16.5. The van der Waals surface area contributed by atoms with E-state index in [4.69, 9.17) is 4.74 Å². The molecule has 0 bridgehead atoms. The van der Waals surface area contributed by atoms with Crippen molar-refractivity contribution in [3.05, 3.63) is 60.4 Å². The molecule has 2 aromatic heterocycles. The number of benzene rings is 1. The molecule has 1 saturated carbocycles. The van der Waals surface area contributed by atoms with Crippen LogP contribution in [0.5, 0.6) is 0 Å². The first-order valence-corrected chi connectivity index (χ1v) is 11.5. The molecule has 33 heavy (non-hydrogen) atoms. The summed E-state index contributed by atoms with van der Waals surface area (Å²) >= 11 is 0. The van der Waals surface area contributed by atoms with Gasteiger partial charge in [-0.15, -0.1) is 0 Å². The average Bonchev–Trinajstić information content (AvgIpc) is 3.04. The predicted octanol–water partition coefficient (Wildman–Crippen LogP) is 4.98. The Morgan fingerprint density at radius 1 is 1.06 bits per heavy atom. The van der Waals surface area contributed by atoms with E-state index < -0.39 is 0 Å². The van der Waals surface area contributed by atoms with Crippen LogP contribution in [0.4, 0.5) is 23.0 Å². The molecule has 0 unspecified atom stereocenters. The number of hydrogen-bond donors (Lipinski definition) is 2. The number of rotatable bonds is 4. The summed E-state index contributed by atoms with van der Waals surface area (Å²) in [6.07, 6.45) is 7.39. The molecule has 1 fully saturated rings. The van der Waals surface area contributed by atoms with Crippen molar-refractivity contribution in [1.29, 1.82) is 0 Å². The molecular weight excluding hydrogens is 414 g/mol. The van der Waals surface area contributed by atoms with Crippen LogP contribution in [0.3, 0.4) is 0 Å². The van der Waals surface area contributed by atoms with E-state index in [0.717, 1.165) is 65.4 Å². The van der Waals surface area contributed by atoms with Crippen LogP contribution in [-0.2, 0) is 16.1 Å². The van der Waals surface area contributed by atoms with Crippen LogP contribution < -0.4 is 15.5 Å². The van der Waals surface area contributed by atoms with Gasteiger partial charge in [-0.05, 0) is 67.1 Å². The number of methoxy groups -OCH3 is 1. The van der Waals surface area contributed by atoms with Gasteiger partial charge in [-0.25, -0.2) is 9.97 Å². The second kappa shape index (κ2) is 9.19. The number of fused-ring (bicyclic) bond motifs is 2. The minimum absolute atomic E-state index is 0.00273. The summed E-state index contributed by atoms with van der Waals surface area (Å²) in [5.74, 6) is 1.78. The summed E-state index contributed by atoms with van der Waals surface area (Å²) < 4.78 is 5.52. The molecule has 0 saturated heterocycles. The van der Waals surface area contributed by atoms with E-state index in [1.807, 2.05) is 42.3 Å². The average molecular weight is 444 g/mol. The van der Waals surface area contributed by atoms with E-state index in [9.17, 15) is 4.79 Å². The Balaban J connectivity index is 1.54. The van der Waals surface area contributed by atoms with Crippen molar-refractivity contribution >= 4 is 28.9 Å². The number of carbonyl (C=O) groups is 1. The third-order valence-corrected chi connectivity index (χ3v) is 6.73. The fourth-order valence-electron chi connectivity index (χ4n) is 4.81. The van der Waals surface area contributed by atoms with Crippen molar-refractivity contribution in [1.82, 2.24) is 9.97 Å². The first-order valence-electron chi connectivity index (χ1n) is 11.5. The summed E-state index contributed by atoms with van der Waals surface area (Å²) in [5, 5.41) is 6.55. The van der Waals surface area contributed by atoms with E-state index in [1.54, 1.807) is 19.5 Å². The fourth-order valence-corrected chi connectivity index (χ4v) is 4.81. The lowest BCUT2D eigenvalue weighted by molar-refractivity contribution is -0.124. The Kier molecular flexibility index (Phi) is 5.96. The van der Waals surface area contributed by atoms with Gasteiger partial charge >= 0.3 is 0 Å². The first kappa shape index (κ1) is 21.4. The largest absolute Gasteiger partial charge is 0.381 e. The van der Waals surface area contributed by atoms with Crippen LogP contribution in [0.1, 0.15) is 31.2 Å². The number of ether oxygens (including phenoxy) is 1. The third kappa shape index (κ3) is 4.28. The zero-order chi connectivity index (χ0) is 22.8. The second-order valence-corrected chi connectivity index (χ2v) is 8.68. The molecule has 7 heteroatoms. The molecule has 170 valence electrons. The lowest BCUT2D eigenvalue weighted by Gasteiger charge is -2.32. The van der Waals surface area contributed by atoms with Gasteiger partial charge in [-0.2, -0.15) is 0 Å². The molecule has 0 radical (unpaired) electrons. The van der Waals surface area contributed by atoms with Gasteiger partial charge in [-0.3, -0.25) is 4.79 Å². The first-order chi connectivity index (χ1) is 16.2. The molecule has 7 nitrogen and oxygen atoms in total. The van der Waals surface area contributed by atoms with Crippen molar-refractivity contribution in [3.63, 3.8) is 0 Å². The summed E-state index contributed by atoms with van der Waals surface area (Å²) in [4.78, 5) is 24.6. The molecule has 1 aromatic carbocycles. The number of nitrogens with zero attached hydrogens (tertiary/aromatic N) is 3. The number of hydrogen-bond acceptors (Lipinski definition) is 6. The molecular formula is C26H29N5O2. The molecule has 1 aliphatic carbocycles. The van der Waals surface area contributed by atoms with E-state index in [0.29, 0.717) is 6.54 Å². The van der Waals surface area contributed by atoms with Gasteiger partial charge in [0.1, 0.15) is 11.6 Å². The van der Waals surface area contributed by atoms with Crippen molar-refractivity contribution < 1.29 is 9.53 Å². The van der Waals surface area contributed by atoms with E-state index >= 15 is 0 Å². The standard InChI is InChI=1S/C26H29N5O2/c1-27-24-15-19(11-13-28-24)18-7-10-22-23(14-18)31(16-20-4-3-12-29-25(20)30-22)26(32)17-5-8-21(33-2)9-6-17/h3-4,7,10-15,17,21H,5-6,8-9,16H2,1-2H3,(H,27,28)(H,29,30)/t17-,21-. The minimum Gasteiger partial charge on any atom is -0.381 e. The van der Waals surface area contributed by atoms with E-state index in [1.165, 1.54) is 0 Å². The molecule has 3 heterocycles. The van der Waals surface area contributed by atoms with Crippen LogP contribution in [0.2, 0.25) is 0 Å². The zero-order valence-corrected chi connectivity index (χ0v) is 19.0. The monoisotopic (exact) mass is 443 g/mol. The topological polar surface area (TPSA) is 79.4 Å². The van der Waals surface area contributed by atoms with Crippen molar-refractivity contribution in [3.8, 4) is 11.1 Å². The lowest BCUT2D eigenvalue weighted by Crippen LogP contribution is -2.38. The molecule has 5 rings (SSSR count). The zero-order valence-electron chi connectivity index (χ0n) is 19.0. The van der Waals surface area contributed by atoms with E-state index in [2.05, 4.69) is 32.7 Å². The molecule has 3 aromatic rings. The molecule has 2 aliphatic rings. The number of nitrogens with one attached hydrogen (secondary N) is 2. The maximum absolute atomic E-state index is 13.8.